The Balaban J connectivity index is -0.000000307. The molecule has 0 amide bonds. The molecule has 0 fully saturated rings. The van der Waals surface area contributed by atoms with Crippen LogP contribution in [0.2, 0.25) is 0 Å². The monoisotopic (exact) mass is 316 g/mol. The van der Waals surface area contributed by atoms with E-state index < -0.39 is 5.97 Å². The molecule has 0 aliphatic heterocycles. The molecule has 1 heterocycles. The van der Waals surface area contributed by atoms with Crippen LogP contribution in [0.15, 0.2) is 23.1 Å². The zero-order chi connectivity index (χ0) is 18.0. The number of carboxylic acids is 1. The van der Waals surface area contributed by atoms with Crippen molar-refractivity contribution in [2.75, 3.05) is 0 Å². The van der Waals surface area contributed by atoms with Crippen LogP contribution in [0.5, 0.6) is 0 Å². The van der Waals surface area contributed by atoms with Crippen LogP contribution in [-0.2, 0) is 4.79 Å². The number of aliphatic carboxylic acids is 1. The van der Waals surface area contributed by atoms with Crippen LogP contribution in [0.4, 0.5) is 0 Å². The number of aromatic nitrogens is 1. The first kappa shape index (κ1) is 25.3. The predicted octanol–water partition coefficient (Wildman–Crippen LogP) is 4.36. The fourth-order valence-corrected chi connectivity index (χ4v) is 1.56. The second-order valence-corrected chi connectivity index (χ2v) is 3.99. The molecule has 0 saturated carbocycles. The number of nitrogens with two attached hydrogens (primary N) is 1. The number of hydrogen-bond acceptors (Lipinski definition) is 5. The van der Waals surface area contributed by atoms with Crippen molar-refractivity contribution in [2.45, 2.75) is 60.8 Å². The summed E-state index contributed by atoms with van der Waals surface area (Å²) >= 11 is 0. The molecule has 0 spiro atoms. The molecular weight excluding hydrogens is 284 g/mol. The van der Waals surface area contributed by atoms with Gasteiger partial charge in [-0.25, -0.2) is 10.9 Å². The van der Waals surface area contributed by atoms with Gasteiger partial charge in [0.05, 0.1) is 6.20 Å². The summed E-state index contributed by atoms with van der Waals surface area (Å²) < 4.78 is 5.23. The molecule has 130 valence electrons. The maximum atomic E-state index is 9.00. The zero-order valence-electron chi connectivity index (χ0n) is 14.7. The van der Waals surface area contributed by atoms with Crippen molar-refractivity contribution < 1.29 is 19.5 Å². The summed E-state index contributed by atoms with van der Waals surface area (Å²) in [5.41, 5.74) is 1.32. The number of oxazole rings is 1. The van der Waals surface area contributed by atoms with Gasteiger partial charge in [0.25, 0.3) is 5.97 Å². The van der Waals surface area contributed by atoms with E-state index in [1.807, 2.05) is 27.7 Å². The lowest BCUT2D eigenvalue weighted by Crippen LogP contribution is -2.00. The Kier molecular flexibility index (Phi) is 22.2. The molecule has 0 aromatic carbocycles. The number of hydrogen-bond donors (Lipinski definition) is 3. The summed E-state index contributed by atoms with van der Waals surface area (Å²) in [5, 5.41) is 13.9. The molecule has 1 atom stereocenters. The largest absolute Gasteiger partial charge is 0.481 e. The van der Waals surface area contributed by atoms with Crippen molar-refractivity contribution in [3.8, 4) is 0 Å². The molecule has 0 unspecified atom stereocenters. The Morgan fingerprint density at radius 2 is 1.82 bits per heavy atom. The number of allylic oxidation sites excluding steroid dienone is 2. The fourth-order valence-electron chi connectivity index (χ4n) is 1.56. The molecular formula is C16H32N2O4. The second-order valence-electron chi connectivity index (χ2n) is 3.99. The summed E-state index contributed by atoms with van der Waals surface area (Å²) in [6.45, 7) is 11.4. The molecule has 1 aliphatic rings. The first-order valence-corrected chi connectivity index (χ1v) is 7.63. The first-order valence-electron chi connectivity index (χ1n) is 7.63. The molecule has 6 nitrogen and oxygen atoms in total. The lowest BCUT2D eigenvalue weighted by atomic mass is 9.90. The van der Waals surface area contributed by atoms with Gasteiger partial charge in [-0.05, 0) is 30.8 Å². The number of nitrogens with zero attached hydrogens (tertiary/aromatic N) is 1. The molecule has 4 N–H and O–H groups in total. The molecule has 1 aromatic heterocycles. The zero-order valence-corrected chi connectivity index (χ0v) is 14.7. The third kappa shape index (κ3) is 14.7. The van der Waals surface area contributed by atoms with E-state index in [2.05, 4.69) is 23.9 Å². The third-order valence-electron chi connectivity index (χ3n) is 2.42. The molecule has 0 bridgehead atoms. The molecule has 0 saturated heterocycles. The SMILES string of the molecule is CC.CC.CC(=O)O.C[C@H]1CC=C(c2cnco2)CC1.NO. The normalized spacial score (nSPS) is 14.9. The lowest BCUT2D eigenvalue weighted by molar-refractivity contribution is -0.134. The Hall–Kier alpha value is -1.66. The Morgan fingerprint density at radius 3 is 2.14 bits per heavy atom. The minimum Gasteiger partial charge on any atom is -0.481 e. The lowest BCUT2D eigenvalue weighted by Gasteiger charge is -2.15. The smallest absolute Gasteiger partial charge is 0.300 e. The third-order valence-corrected chi connectivity index (χ3v) is 2.42. The van der Waals surface area contributed by atoms with Crippen molar-refractivity contribution in [1.29, 1.82) is 0 Å². The summed E-state index contributed by atoms with van der Waals surface area (Å²) in [7, 11) is 0. The van der Waals surface area contributed by atoms with Crippen molar-refractivity contribution >= 4 is 11.5 Å². The summed E-state index contributed by atoms with van der Waals surface area (Å²) in [5.74, 6) is 4.44. The van der Waals surface area contributed by atoms with Crippen LogP contribution in [0.1, 0.15) is 66.6 Å². The van der Waals surface area contributed by atoms with Crippen LogP contribution < -0.4 is 5.90 Å². The van der Waals surface area contributed by atoms with E-state index >= 15 is 0 Å². The number of carboxylic acid groups (broad SMARTS) is 1. The van der Waals surface area contributed by atoms with E-state index in [1.165, 1.54) is 24.8 Å². The van der Waals surface area contributed by atoms with Gasteiger partial charge in [0.2, 0.25) is 0 Å². The second kappa shape index (κ2) is 19.3. The summed E-state index contributed by atoms with van der Waals surface area (Å²) in [4.78, 5) is 12.9. The summed E-state index contributed by atoms with van der Waals surface area (Å²) in [6.07, 6.45) is 9.14. The van der Waals surface area contributed by atoms with E-state index in [0.717, 1.165) is 25.0 Å². The van der Waals surface area contributed by atoms with E-state index in [1.54, 1.807) is 6.20 Å². The van der Waals surface area contributed by atoms with E-state index in [4.69, 9.17) is 19.5 Å². The van der Waals surface area contributed by atoms with Crippen LogP contribution in [0.3, 0.4) is 0 Å². The van der Waals surface area contributed by atoms with Crippen molar-refractivity contribution in [3.63, 3.8) is 0 Å². The first-order chi connectivity index (χ1) is 10.6. The van der Waals surface area contributed by atoms with Crippen molar-refractivity contribution in [1.82, 2.24) is 4.98 Å². The van der Waals surface area contributed by atoms with Gasteiger partial charge in [0.15, 0.2) is 6.39 Å². The highest BCUT2D eigenvalue weighted by Crippen LogP contribution is 2.29. The van der Waals surface area contributed by atoms with E-state index in [-0.39, 0.29) is 0 Å². The average Bonchev–Trinajstić information content (AvgIpc) is 3.08. The van der Waals surface area contributed by atoms with Crippen molar-refractivity contribution in [3.05, 3.63) is 24.4 Å². The van der Waals surface area contributed by atoms with Crippen LogP contribution >= 0.6 is 0 Å². The molecule has 1 aromatic rings. The number of rotatable bonds is 1. The fraction of sp³-hybridized carbons (Fsp3) is 0.625. The predicted molar refractivity (Wildman–Crippen MR) is 89.5 cm³/mol. The Bertz CT molecular complexity index is 358. The Morgan fingerprint density at radius 1 is 1.32 bits per heavy atom. The summed E-state index contributed by atoms with van der Waals surface area (Å²) in [6, 6.07) is 0. The number of carbonyl (C=O) groups is 1. The van der Waals surface area contributed by atoms with Gasteiger partial charge >= 0.3 is 0 Å². The highest BCUT2D eigenvalue weighted by molar-refractivity contribution is 5.63. The van der Waals surface area contributed by atoms with Crippen LogP contribution in [0.25, 0.3) is 5.57 Å². The molecule has 2 rings (SSSR count). The maximum Gasteiger partial charge on any atom is 0.300 e. The minimum absolute atomic E-state index is 0.830. The minimum atomic E-state index is -0.833. The van der Waals surface area contributed by atoms with E-state index in [9.17, 15) is 0 Å². The maximum absolute atomic E-state index is 9.00. The average molecular weight is 316 g/mol. The Labute approximate surface area is 134 Å². The molecule has 0 radical (unpaired) electrons. The molecule has 22 heavy (non-hydrogen) atoms. The van der Waals surface area contributed by atoms with Gasteiger partial charge in [0.1, 0.15) is 5.76 Å². The standard InChI is InChI=1S/C10H13NO.C2H4O2.2C2H6.H3NO/c1-8-2-4-9(5-3-8)10-6-11-7-12-10;1-2(3)4;3*1-2/h4,6-8H,2-3,5H2,1H3;1H3,(H,3,4);2*1-2H3;2H,1H2/t8-;;;;/m0..../s1. The highest BCUT2D eigenvalue weighted by Gasteiger charge is 2.12. The van der Waals surface area contributed by atoms with Gasteiger partial charge in [-0.2, -0.15) is 0 Å². The topological polar surface area (TPSA) is 110 Å². The van der Waals surface area contributed by atoms with Gasteiger partial charge in [-0.15, -0.1) is 0 Å². The highest BCUT2D eigenvalue weighted by atomic mass is 16.4. The molecule has 1 aliphatic carbocycles. The van der Waals surface area contributed by atoms with Gasteiger partial charge < -0.3 is 14.7 Å². The van der Waals surface area contributed by atoms with Gasteiger partial charge in [-0.1, -0.05) is 40.7 Å². The quantitative estimate of drug-likeness (QED) is 0.664. The van der Waals surface area contributed by atoms with Gasteiger partial charge in [0, 0.05) is 6.92 Å². The molecule has 6 heteroatoms. The van der Waals surface area contributed by atoms with Gasteiger partial charge in [-0.3, -0.25) is 4.79 Å². The van der Waals surface area contributed by atoms with Crippen LogP contribution in [0, 0.1) is 5.92 Å². The van der Waals surface area contributed by atoms with Crippen molar-refractivity contribution in [2.24, 2.45) is 11.8 Å². The van der Waals surface area contributed by atoms with Crippen LogP contribution in [-0.4, -0.2) is 21.3 Å². The van der Waals surface area contributed by atoms with E-state index in [0.29, 0.717) is 0 Å².